The number of amides is 1. The van der Waals surface area contributed by atoms with Gasteiger partial charge in [0.2, 0.25) is 0 Å². The van der Waals surface area contributed by atoms with Crippen LogP contribution in [0.1, 0.15) is 38.2 Å². The average Bonchev–Trinajstić information content (AvgIpc) is 2.69. The molecule has 1 aliphatic rings. The van der Waals surface area contributed by atoms with Gasteiger partial charge in [0.15, 0.2) is 6.61 Å². The van der Waals surface area contributed by atoms with Crippen molar-refractivity contribution in [3.63, 3.8) is 0 Å². The molecule has 0 saturated heterocycles. The zero-order valence-electron chi connectivity index (χ0n) is 17.2. The van der Waals surface area contributed by atoms with Gasteiger partial charge in [0.05, 0.1) is 12.7 Å². The number of esters is 2. The van der Waals surface area contributed by atoms with Gasteiger partial charge in [-0.15, -0.1) is 0 Å². The van der Waals surface area contributed by atoms with Crippen LogP contribution in [0.15, 0.2) is 36.4 Å². The Kier molecular flexibility index (Phi) is 6.01. The summed E-state index contributed by atoms with van der Waals surface area (Å²) in [6, 6.07) is 10.7. The summed E-state index contributed by atoms with van der Waals surface area (Å²) in [6.45, 7) is 5.48. The third-order valence-electron chi connectivity index (χ3n) is 5.25. The molecule has 0 bridgehead atoms. The first-order chi connectivity index (χ1) is 13.8. The fourth-order valence-corrected chi connectivity index (χ4v) is 3.92. The lowest BCUT2D eigenvalue weighted by Crippen LogP contribution is -2.50. The predicted molar refractivity (Wildman–Crippen MR) is 107 cm³/mol. The number of fused-ring (bicyclic) bond motifs is 1. The van der Waals surface area contributed by atoms with E-state index in [-0.39, 0.29) is 6.54 Å². The third kappa shape index (κ3) is 4.31. The predicted octanol–water partition coefficient (Wildman–Crippen LogP) is 2.90. The zero-order valence-corrected chi connectivity index (χ0v) is 17.2. The van der Waals surface area contributed by atoms with Crippen LogP contribution in [-0.2, 0) is 32.0 Å². The number of hydrogen-bond acceptors (Lipinski definition) is 5. The van der Waals surface area contributed by atoms with Crippen molar-refractivity contribution in [1.29, 1.82) is 0 Å². The Labute approximate surface area is 170 Å². The molecule has 1 amide bonds. The van der Waals surface area contributed by atoms with Crippen LogP contribution in [0, 0.1) is 20.8 Å². The van der Waals surface area contributed by atoms with Crippen molar-refractivity contribution in [2.75, 3.05) is 13.7 Å². The molecule has 152 valence electrons. The molecule has 0 radical (unpaired) electrons. The Balaban J connectivity index is 1.75. The minimum Gasteiger partial charge on any atom is -0.467 e. The molecule has 29 heavy (non-hydrogen) atoms. The lowest BCUT2D eigenvalue weighted by atomic mass is 9.94. The van der Waals surface area contributed by atoms with Crippen molar-refractivity contribution < 1.29 is 23.9 Å². The summed E-state index contributed by atoms with van der Waals surface area (Å²) in [5, 5.41) is 0. The first kappa shape index (κ1) is 20.6. The first-order valence-corrected chi connectivity index (χ1v) is 9.51. The monoisotopic (exact) mass is 395 g/mol. The van der Waals surface area contributed by atoms with Crippen LogP contribution >= 0.6 is 0 Å². The van der Waals surface area contributed by atoms with Gasteiger partial charge < -0.3 is 14.4 Å². The van der Waals surface area contributed by atoms with Crippen molar-refractivity contribution >= 4 is 17.8 Å². The number of carbonyl (C=O) groups is 3. The van der Waals surface area contributed by atoms with E-state index in [1.165, 1.54) is 12.0 Å². The van der Waals surface area contributed by atoms with Crippen LogP contribution in [0.5, 0.6) is 0 Å². The highest BCUT2D eigenvalue weighted by Crippen LogP contribution is 2.24. The molecule has 0 unspecified atom stereocenters. The Morgan fingerprint density at radius 1 is 1.03 bits per heavy atom. The third-order valence-corrected chi connectivity index (χ3v) is 5.25. The fourth-order valence-electron chi connectivity index (χ4n) is 3.92. The molecule has 0 saturated carbocycles. The van der Waals surface area contributed by atoms with E-state index in [1.54, 1.807) is 0 Å². The number of nitrogens with zero attached hydrogens (tertiary/aromatic N) is 1. The van der Waals surface area contributed by atoms with Gasteiger partial charge >= 0.3 is 11.9 Å². The van der Waals surface area contributed by atoms with Crippen molar-refractivity contribution in [1.82, 2.24) is 4.90 Å². The van der Waals surface area contributed by atoms with E-state index in [0.717, 1.165) is 27.8 Å². The molecule has 1 atom stereocenters. The standard InChI is InChI=1S/C23H25NO5/c1-14-9-15(2)21(16(3)10-14)23(27)29-13-20(25)24-12-18-8-6-5-7-17(18)11-19(24)22(26)28-4/h5-10,19H,11-13H2,1-4H3/t19-/m0/s1. The Hall–Kier alpha value is -3.15. The van der Waals surface area contributed by atoms with Gasteiger partial charge in [0, 0.05) is 13.0 Å². The summed E-state index contributed by atoms with van der Waals surface area (Å²) in [5.41, 5.74) is 5.11. The zero-order chi connectivity index (χ0) is 21.1. The molecule has 0 spiro atoms. The molecule has 0 N–H and O–H groups in total. The molecule has 0 aromatic heterocycles. The molecule has 2 aromatic carbocycles. The lowest BCUT2D eigenvalue weighted by Gasteiger charge is -2.35. The topological polar surface area (TPSA) is 72.9 Å². The maximum Gasteiger partial charge on any atom is 0.339 e. The molecule has 1 aliphatic heterocycles. The number of rotatable bonds is 4. The smallest absolute Gasteiger partial charge is 0.339 e. The number of aryl methyl sites for hydroxylation is 3. The van der Waals surface area contributed by atoms with Crippen LogP contribution in [0.25, 0.3) is 0 Å². The van der Waals surface area contributed by atoms with Crippen LogP contribution in [0.4, 0.5) is 0 Å². The molecular weight excluding hydrogens is 370 g/mol. The van der Waals surface area contributed by atoms with E-state index in [0.29, 0.717) is 12.0 Å². The largest absolute Gasteiger partial charge is 0.467 e. The Bertz CT molecular complexity index is 942. The highest BCUT2D eigenvalue weighted by Gasteiger charge is 2.35. The summed E-state index contributed by atoms with van der Waals surface area (Å²) >= 11 is 0. The van der Waals surface area contributed by atoms with E-state index >= 15 is 0 Å². The van der Waals surface area contributed by atoms with Crippen LogP contribution in [0.3, 0.4) is 0 Å². The number of methoxy groups -OCH3 is 1. The second kappa shape index (κ2) is 8.47. The van der Waals surface area contributed by atoms with E-state index < -0.39 is 30.5 Å². The maximum absolute atomic E-state index is 12.8. The van der Waals surface area contributed by atoms with E-state index in [2.05, 4.69) is 0 Å². The average molecular weight is 395 g/mol. The molecule has 0 aliphatic carbocycles. The van der Waals surface area contributed by atoms with Gasteiger partial charge in [0.25, 0.3) is 5.91 Å². The highest BCUT2D eigenvalue weighted by molar-refractivity contribution is 5.94. The molecule has 0 fully saturated rings. The minimum absolute atomic E-state index is 0.273. The maximum atomic E-state index is 12.8. The SMILES string of the molecule is COC(=O)[C@@H]1Cc2ccccc2CN1C(=O)COC(=O)c1c(C)cc(C)cc1C. The second-order valence-corrected chi connectivity index (χ2v) is 7.38. The van der Waals surface area contributed by atoms with Gasteiger partial charge in [-0.25, -0.2) is 9.59 Å². The van der Waals surface area contributed by atoms with Crippen LogP contribution in [-0.4, -0.2) is 42.5 Å². The first-order valence-electron chi connectivity index (χ1n) is 9.51. The van der Waals surface area contributed by atoms with E-state index in [1.807, 2.05) is 57.2 Å². The summed E-state index contributed by atoms with van der Waals surface area (Å²) < 4.78 is 10.2. The van der Waals surface area contributed by atoms with Gasteiger partial charge in [-0.05, 0) is 43.0 Å². The number of benzene rings is 2. The Morgan fingerprint density at radius 3 is 2.28 bits per heavy atom. The summed E-state index contributed by atoms with van der Waals surface area (Å²) in [5.74, 6) is -1.45. The molecule has 6 nitrogen and oxygen atoms in total. The Morgan fingerprint density at radius 2 is 1.66 bits per heavy atom. The van der Waals surface area contributed by atoms with Gasteiger partial charge in [-0.2, -0.15) is 0 Å². The number of ether oxygens (including phenoxy) is 2. The lowest BCUT2D eigenvalue weighted by molar-refractivity contribution is -0.155. The molecule has 1 heterocycles. The molecular formula is C23H25NO5. The minimum atomic E-state index is -0.732. The summed E-state index contributed by atoms with van der Waals surface area (Å²) in [4.78, 5) is 39.1. The van der Waals surface area contributed by atoms with Crippen molar-refractivity contribution in [3.05, 3.63) is 69.8 Å². The van der Waals surface area contributed by atoms with Crippen molar-refractivity contribution in [2.24, 2.45) is 0 Å². The van der Waals surface area contributed by atoms with Crippen molar-refractivity contribution in [3.8, 4) is 0 Å². The van der Waals surface area contributed by atoms with Gasteiger partial charge in [0.1, 0.15) is 6.04 Å². The number of carbonyl (C=O) groups excluding carboxylic acids is 3. The van der Waals surface area contributed by atoms with E-state index in [9.17, 15) is 14.4 Å². The number of hydrogen-bond donors (Lipinski definition) is 0. The fraction of sp³-hybridized carbons (Fsp3) is 0.348. The normalized spacial score (nSPS) is 15.4. The van der Waals surface area contributed by atoms with E-state index in [4.69, 9.17) is 9.47 Å². The van der Waals surface area contributed by atoms with Crippen molar-refractivity contribution in [2.45, 2.75) is 39.8 Å². The van der Waals surface area contributed by atoms with Gasteiger partial charge in [-0.1, -0.05) is 42.0 Å². The molecule has 6 heteroatoms. The summed E-state index contributed by atoms with van der Waals surface area (Å²) in [7, 11) is 1.30. The molecule has 3 rings (SSSR count). The highest BCUT2D eigenvalue weighted by atomic mass is 16.5. The van der Waals surface area contributed by atoms with Crippen LogP contribution < -0.4 is 0 Å². The second-order valence-electron chi connectivity index (χ2n) is 7.38. The summed E-state index contributed by atoms with van der Waals surface area (Å²) in [6.07, 6.45) is 0.374. The quantitative estimate of drug-likeness (QED) is 0.745. The van der Waals surface area contributed by atoms with Gasteiger partial charge in [-0.3, -0.25) is 4.79 Å². The molecule has 2 aromatic rings. The van der Waals surface area contributed by atoms with Crippen LogP contribution in [0.2, 0.25) is 0 Å².